The van der Waals surface area contributed by atoms with Crippen LogP contribution in [0.3, 0.4) is 0 Å². The molecule has 2 aromatic heterocycles. The van der Waals surface area contributed by atoms with Crippen LogP contribution in [0.25, 0.3) is 11.3 Å². The summed E-state index contributed by atoms with van der Waals surface area (Å²) >= 11 is 0. The van der Waals surface area contributed by atoms with Crippen LogP contribution in [0.15, 0.2) is 42.7 Å². The maximum Gasteiger partial charge on any atom is 0.387 e. The number of aryl methyl sites for hydroxylation is 1. The number of rotatable bonds is 8. The second kappa shape index (κ2) is 11.0. The lowest BCUT2D eigenvalue weighted by molar-refractivity contribution is -0.0494. The van der Waals surface area contributed by atoms with Gasteiger partial charge in [0.2, 0.25) is 5.95 Å². The zero-order chi connectivity index (χ0) is 26.7. The van der Waals surface area contributed by atoms with Crippen molar-refractivity contribution < 1.29 is 28.2 Å². The van der Waals surface area contributed by atoms with E-state index in [-0.39, 0.29) is 46.9 Å². The summed E-state index contributed by atoms with van der Waals surface area (Å²) in [6.45, 7) is 0.0754. The number of benzene rings is 1. The summed E-state index contributed by atoms with van der Waals surface area (Å²) in [6.07, 6.45) is 6.29. The van der Waals surface area contributed by atoms with Gasteiger partial charge in [-0.15, -0.1) is 0 Å². The molecule has 3 aromatic rings. The summed E-state index contributed by atoms with van der Waals surface area (Å²) in [5.41, 5.74) is 3.31. The predicted molar refractivity (Wildman–Crippen MR) is 136 cm³/mol. The van der Waals surface area contributed by atoms with Crippen molar-refractivity contribution in [2.45, 2.75) is 50.7 Å². The molecule has 1 fully saturated rings. The highest BCUT2D eigenvalue weighted by atomic mass is 19.3. The smallest absolute Gasteiger partial charge is 0.387 e. The van der Waals surface area contributed by atoms with Crippen molar-refractivity contribution >= 4 is 17.5 Å². The molecule has 9 nitrogen and oxygen atoms in total. The summed E-state index contributed by atoms with van der Waals surface area (Å²) in [6, 6.07) is 7.95. The van der Waals surface area contributed by atoms with E-state index in [1.165, 1.54) is 18.2 Å². The van der Waals surface area contributed by atoms with Crippen LogP contribution in [0, 0.1) is 0 Å². The number of nitrogens with zero attached hydrogens (tertiary/aromatic N) is 3. The van der Waals surface area contributed by atoms with Gasteiger partial charge in [0.25, 0.3) is 5.91 Å². The number of ether oxygens (including phenoxy) is 2. The van der Waals surface area contributed by atoms with Gasteiger partial charge in [-0.2, -0.15) is 8.78 Å². The van der Waals surface area contributed by atoms with E-state index >= 15 is 0 Å². The summed E-state index contributed by atoms with van der Waals surface area (Å²) in [5.74, 6) is -0.419. The Morgan fingerprint density at radius 3 is 2.82 bits per heavy atom. The number of alkyl halides is 2. The van der Waals surface area contributed by atoms with Crippen LogP contribution in [-0.4, -0.2) is 58.4 Å². The fourth-order valence-corrected chi connectivity index (χ4v) is 4.82. The first-order valence-electron chi connectivity index (χ1n) is 12.5. The van der Waals surface area contributed by atoms with Gasteiger partial charge in [-0.3, -0.25) is 9.78 Å². The molecule has 1 aromatic carbocycles. The Bertz CT molecular complexity index is 1320. The summed E-state index contributed by atoms with van der Waals surface area (Å²) in [7, 11) is 0. The van der Waals surface area contributed by atoms with Crippen LogP contribution < -0.4 is 15.4 Å². The third kappa shape index (κ3) is 5.58. The van der Waals surface area contributed by atoms with Gasteiger partial charge in [0.1, 0.15) is 5.75 Å². The van der Waals surface area contributed by atoms with E-state index in [0.717, 1.165) is 29.7 Å². The number of fused-ring (bicyclic) bond motifs is 1. The van der Waals surface area contributed by atoms with Gasteiger partial charge in [-0.1, -0.05) is 6.92 Å². The molecule has 1 amide bonds. The van der Waals surface area contributed by atoms with Gasteiger partial charge in [0.05, 0.1) is 18.0 Å². The molecule has 38 heavy (non-hydrogen) atoms. The van der Waals surface area contributed by atoms with Crippen LogP contribution in [0.4, 0.5) is 20.4 Å². The van der Waals surface area contributed by atoms with Crippen LogP contribution >= 0.6 is 0 Å². The van der Waals surface area contributed by atoms with Gasteiger partial charge in [0.15, 0.2) is 0 Å². The average molecular weight is 526 g/mol. The molecule has 1 atom stereocenters. The van der Waals surface area contributed by atoms with E-state index < -0.39 is 6.61 Å². The molecule has 200 valence electrons. The second-order valence-electron chi connectivity index (χ2n) is 9.78. The first-order valence-corrected chi connectivity index (χ1v) is 12.5. The lowest BCUT2D eigenvalue weighted by Gasteiger charge is -2.23. The second-order valence-corrected chi connectivity index (χ2v) is 9.78. The molecule has 0 spiro atoms. The molecule has 1 aliphatic carbocycles. The first kappa shape index (κ1) is 25.9. The summed E-state index contributed by atoms with van der Waals surface area (Å²) in [4.78, 5) is 26.0. The third-order valence-corrected chi connectivity index (χ3v) is 7.10. The van der Waals surface area contributed by atoms with Crippen molar-refractivity contribution in [3.05, 3.63) is 59.5 Å². The van der Waals surface area contributed by atoms with Gasteiger partial charge in [-0.05, 0) is 61.6 Å². The van der Waals surface area contributed by atoms with Crippen molar-refractivity contribution in [3.63, 3.8) is 0 Å². The maximum absolute atomic E-state index is 13.2. The van der Waals surface area contributed by atoms with Crippen molar-refractivity contribution in [3.8, 4) is 17.0 Å². The first-order chi connectivity index (χ1) is 18.3. The molecule has 11 heteroatoms. The number of carbonyl (C=O) groups is 1. The van der Waals surface area contributed by atoms with E-state index in [4.69, 9.17) is 9.47 Å². The topological polar surface area (TPSA) is 118 Å². The number of halogens is 2. The van der Waals surface area contributed by atoms with Gasteiger partial charge >= 0.3 is 6.61 Å². The Morgan fingerprint density at radius 1 is 1.24 bits per heavy atom. The monoisotopic (exact) mass is 525 g/mol. The standard InChI is InChI=1S/C27H29F2N5O4/c1-27(15-35)8-4-21-19(27)12-17(14-31-21)20-5-9-30-26(33-20)34-22-3-2-16(13-23(22)38-25(28)29)24(36)32-18-6-10-37-11-7-18/h2-3,5,9,12-14,18,25,35H,4,6-8,10-11,15H2,1H3,(H,32,36)(H,30,33,34). The molecule has 0 bridgehead atoms. The molecule has 1 saturated heterocycles. The zero-order valence-electron chi connectivity index (χ0n) is 20.9. The third-order valence-electron chi connectivity index (χ3n) is 7.10. The van der Waals surface area contributed by atoms with Gasteiger partial charge < -0.3 is 25.2 Å². The Kier molecular flexibility index (Phi) is 7.48. The van der Waals surface area contributed by atoms with Gasteiger partial charge in [0, 0.05) is 53.9 Å². The quantitative estimate of drug-likeness (QED) is 0.404. The van der Waals surface area contributed by atoms with Crippen molar-refractivity contribution in [2.75, 3.05) is 25.1 Å². The average Bonchev–Trinajstić information content (AvgIpc) is 3.26. The molecular weight excluding hydrogens is 496 g/mol. The van der Waals surface area contributed by atoms with E-state index in [2.05, 4.69) is 25.6 Å². The highest BCUT2D eigenvalue weighted by Gasteiger charge is 2.35. The minimum Gasteiger partial charge on any atom is -0.433 e. The normalized spacial score (nSPS) is 19.3. The number of aromatic nitrogens is 3. The van der Waals surface area contributed by atoms with Crippen molar-refractivity contribution in [2.24, 2.45) is 0 Å². The number of aliphatic hydroxyl groups is 1. The lowest BCUT2D eigenvalue weighted by Crippen LogP contribution is -2.38. The largest absolute Gasteiger partial charge is 0.433 e. The molecule has 0 saturated carbocycles. The van der Waals surface area contributed by atoms with E-state index in [0.29, 0.717) is 31.7 Å². The van der Waals surface area contributed by atoms with E-state index in [9.17, 15) is 18.7 Å². The highest BCUT2D eigenvalue weighted by Crippen LogP contribution is 2.39. The molecule has 1 unspecified atom stereocenters. The minimum absolute atomic E-state index is 0.0255. The van der Waals surface area contributed by atoms with Crippen LogP contribution in [0.1, 0.15) is 47.8 Å². The molecular formula is C27H29F2N5O4. The Labute approximate surface area is 218 Å². The van der Waals surface area contributed by atoms with E-state index in [1.54, 1.807) is 18.5 Å². The molecule has 0 radical (unpaired) electrons. The maximum atomic E-state index is 13.2. The zero-order valence-corrected chi connectivity index (χ0v) is 20.9. The number of aliphatic hydroxyl groups excluding tert-OH is 1. The molecule has 3 N–H and O–H groups in total. The van der Waals surface area contributed by atoms with Crippen LogP contribution in [0.5, 0.6) is 5.75 Å². The van der Waals surface area contributed by atoms with Crippen LogP contribution in [-0.2, 0) is 16.6 Å². The molecule has 2 aliphatic rings. The predicted octanol–water partition coefficient (Wildman–Crippen LogP) is 3.99. The fraction of sp³-hybridized carbons (Fsp3) is 0.407. The SMILES string of the molecule is CC1(CO)CCc2ncc(-c3ccnc(Nc4ccc(C(=O)NC5CCOCC5)cc4OC(F)F)n3)cc21. The number of hydrogen-bond acceptors (Lipinski definition) is 8. The molecule has 3 heterocycles. The van der Waals surface area contributed by atoms with Gasteiger partial charge in [-0.25, -0.2) is 9.97 Å². The number of pyridine rings is 1. The Balaban J connectivity index is 1.38. The van der Waals surface area contributed by atoms with Crippen molar-refractivity contribution in [1.82, 2.24) is 20.3 Å². The fourth-order valence-electron chi connectivity index (χ4n) is 4.82. The lowest BCUT2D eigenvalue weighted by atomic mass is 9.85. The highest BCUT2D eigenvalue weighted by molar-refractivity contribution is 5.95. The summed E-state index contributed by atoms with van der Waals surface area (Å²) in [5, 5.41) is 15.7. The minimum atomic E-state index is -3.09. The number of anilines is 2. The Hall–Kier alpha value is -3.70. The van der Waals surface area contributed by atoms with Crippen molar-refractivity contribution in [1.29, 1.82) is 0 Å². The molecule has 1 aliphatic heterocycles. The van der Waals surface area contributed by atoms with Crippen LogP contribution in [0.2, 0.25) is 0 Å². The number of amides is 1. The summed E-state index contributed by atoms with van der Waals surface area (Å²) < 4.78 is 36.4. The number of carbonyl (C=O) groups excluding carboxylic acids is 1. The number of hydrogen-bond donors (Lipinski definition) is 3. The Morgan fingerprint density at radius 2 is 2.05 bits per heavy atom. The van der Waals surface area contributed by atoms with E-state index in [1.807, 2.05) is 13.0 Å². The molecule has 5 rings (SSSR count). The number of nitrogens with one attached hydrogen (secondary N) is 2.